The Labute approximate surface area is 110 Å². The monoisotopic (exact) mass is 251 g/mol. The molecule has 1 aliphatic rings. The second kappa shape index (κ2) is 6.34. The van der Waals surface area contributed by atoms with Crippen LogP contribution < -0.4 is 0 Å². The molecule has 0 saturated carbocycles. The molecule has 0 spiro atoms. The van der Waals surface area contributed by atoms with Crippen molar-refractivity contribution in [2.45, 2.75) is 38.6 Å². The lowest BCUT2D eigenvalue weighted by atomic mass is 9.91. The number of aryl methyl sites for hydroxylation is 2. The highest BCUT2D eigenvalue weighted by atomic mass is 16.3. The van der Waals surface area contributed by atoms with Crippen molar-refractivity contribution in [1.29, 1.82) is 0 Å². The first-order valence-electron chi connectivity index (χ1n) is 7.03. The fourth-order valence-electron chi connectivity index (χ4n) is 2.99. The molecule has 1 fully saturated rings. The minimum absolute atomic E-state index is 0.300. The predicted octanol–water partition coefficient (Wildman–Crippen LogP) is 1.45. The van der Waals surface area contributed by atoms with E-state index in [0.717, 1.165) is 25.9 Å². The van der Waals surface area contributed by atoms with Crippen molar-refractivity contribution < 1.29 is 5.11 Å². The van der Waals surface area contributed by atoms with Crippen LogP contribution in [-0.4, -0.2) is 45.5 Å². The van der Waals surface area contributed by atoms with Gasteiger partial charge >= 0.3 is 0 Å². The van der Waals surface area contributed by atoms with Crippen LogP contribution in [0.2, 0.25) is 0 Å². The Hall–Kier alpha value is -0.870. The van der Waals surface area contributed by atoms with Gasteiger partial charge < -0.3 is 5.11 Å². The first-order chi connectivity index (χ1) is 8.70. The van der Waals surface area contributed by atoms with Crippen molar-refractivity contribution in [1.82, 2.24) is 14.7 Å². The van der Waals surface area contributed by atoms with Gasteiger partial charge in [-0.15, -0.1) is 0 Å². The molecular weight excluding hydrogens is 226 g/mol. The summed E-state index contributed by atoms with van der Waals surface area (Å²) in [7, 11) is 1.96. The average molecular weight is 251 g/mol. The first-order valence-corrected chi connectivity index (χ1v) is 7.03. The second-order valence-electron chi connectivity index (χ2n) is 5.53. The highest BCUT2D eigenvalue weighted by Gasteiger charge is 2.27. The molecule has 2 rings (SSSR count). The summed E-state index contributed by atoms with van der Waals surface area (Å²) in [6, 6.07) is 0.368. The van der Waals surface area contributed by atoms with E-state index in [1.807, 2.05) is 17.9 Å². The molecule has 0 bridgehead atoms. The number of nitrogens with zero attached hydrogens (tertiary/aromatic N) is 3. The number of piperidine rings is 1. The van der Waals surface area contributed by atoms with Crippen LogP contribution in [0.5, 0.6) is 0 Å². The number of aliphatic hydroxyl groups is 1. The van der Waals surface area contributed by atoms with Gasteiger partial charge in [-0.3, -0.25) is 9.58 Å². The smallest absolute Gasteiger partial charge is 0.0589 e. The molecule has 2 heterocycles. The van der Waals surface area contributed by atoms with Gasteiger partial charge in [0.15, 0.2) is 0 Å². The second-order valence-corrected chi connectivity index (χ2v) is 5.53. The Kier molecular flexibility index (Phi) is 4.78. The summed E-state index contributed by atoms with van der Waals surface area (Å²) in [6.45, 7) is 4.79. The van der Waals surface area contributed by atoms with E-state index in [0.29, 0.717) is 18.6 Å². The highest BCUT2D eigenvalue weighted by molar-refractivity contribution is 5.03. The maximum atomic E-state index is 9.50. The summed E-state index contributed by atoms with van der Waals surface area (Å²) in [5, 5.41) is 13.7. The largest absolute Gasteiger partial charge is 0.395 e. The number of aliphatic hydroxyl groups excluding tert-OH is 1. The van der Waals surface area contributed by atoms with E-state index in [2.05, 4.69) is 23.1 Å². The SMILES string of the molecule is CC1CCCN(CCCc2cnn(C)c2)C1CO. The minimum atomic E-state index is 0.300. The zero-order valence-corrected chi connectivity index (χ0v) is 11.5. The van der Waals surface area contributed by atoms with E-state index in [1.54, 1.807) is 0 Å². The van der Waals surface area contributed by atoms with Crippen molar-refractivity contribution in [3.63, 3.8) is 0 Å². The van der Waals surface area contributed by atoms with Crippen molar-refractivity contribution in [3.8, 4) is 0 Å². The molecule has 0 aromatic carbocycles. The lowest BCUT2D eigenvalue weighted by molar-refractivity contribution is 0.0523. The summed E-state index contributed by atoms with van der Waals surface area (Å²) in [5.74, 6) is 0.627. The zero-order chi connectivity index (χ0) is 13.0. The van der Waals surface area contributed by atoms with E-state index < -0.39 is 0 Å². The van der Waals surface area contributed by atoms with Gasteiger partial charge in [0.05, 0.1) is 12.8 Å². The third kappa shape index (κ3) is 3.33. The van der Waals surface area contributed by atoms with E-state index in [4.69, 9.17) is 0 Å². The Morgan fingerprint density at radius 1 is 1.50 bits per heavy atom. The summed E-state index contributed by atoms with van der Waals surface area (Å²) in [4.78, 5) is 2.46. The van der Waals surface area contributed by atoms with Crippen LogP contribution >= 0.6 is 0 Å². The Bertz CT molecular complexity index is 364. The quantitative estimate of drug-likeness (QED) is 0.861. The molecule has 2 unspecified atom stereocenters. The average Bonchev–Trinajstić information content (AvgIpc) is 2.75. The third-order valence-electron chi connectivity index (χ3n) is 4.09. The lowest BCUT2D eigenvalue weighted by Gasteiger charge is -2.39. The maximum absolute atomic E-state index is 9.50. The minimum Gasteiger partial charge on any atom is -0.395 e. The van der Waals surface area contributed by atoms with Gasteiger partial charge in [0.25, 0.3) is 0 Å². The van der Waals surface area contributed by atoms with Crippen molar-refractivity contribution in [2.75, 3.05) is 19.7 Å². The molecule has 1 N–H and O–H groups in total. The van der Waals surface area contributed by atoms with Crippen LogP contribution in [0, 0.1) is 5.92 Å². The molecule has 1 saturated heterocycles. The highest BCUT2D eigenvalue weighted by Crippen LogP contribution is 2.23. The van der Waals surface area contributed by atoms with E-state index in [1.165, 1.54) is 18.4 Å². The zero-order valence-electron chi connectivity index (χ0n) is 11.5. The van der Waals surface area contributed by atoms with E-state index >= 15 is 0 Å². The Balaban J connectivity index is 1.78. The molecule has 102 valence electrons. The summed E-state index contributed by atoms with van der Waals surface area (Å²) in [6.07, 6.45) is 8.78. The predicted molar refractivity (Wildman–Crippen MR) is 72.4 cm³/mol. The van der Waals surface area contributed by atoms with Gasteiger partial charge in [0.1, 0.15) is 0 Å². The molecule has 1 aromatic heterocycles. The molecule has 1 aromatic rings. The van der Waals surface area contributed by atoms with E-state index in [-0.39, 0.29) is 0 Å². The topological polar surface area (TPSA) is 41.3 Å². The maximum Gasteiger partial charge on any atom is 0.0589 e. The normalized spacial score (nSPS) is 25.5. The standard InChI is InChI=1S/C14H25N3O/c1-12-5-3-7-17(14(12)11-18)8-4-6-13-9-15-16(2)10-13/h9-10,12,14,18H,3-8,11H2,1-2H3. The molecule has 0 radical (unpaired) electrons. The van der Waals surface area contributed by atoms with Gasteiger partial charge in [0.2, 0.25) is 0 Å². The molecule has 4 nitrogen and oxygen atoms in total. The Morgan fingerprint density at radius 2 is 2.33 bits per heavy atom. The van der Waals surface area contributed by atoms with Gasteiger partial charge in [-0.1, -0.05) is 6.92 Å². The van der Waals surface area contributed by atoms with Crippen LogP contribution in [0.15, 0.2) is 12.4 Å². The summed E-state index contributed by atoms with van der Waals surface area (Å²) in [5.41, 5.74) is 1.31. The van der Waals surface area contributed by atoms with Gasteiger partial charge in [0, 0.05) is 19.3 Å². The van der Waals surface area contributed by atoms with Crippen molar-refractivity contribution in [3.05, 3.63) is 18.0 Å². The van der Waals surface area contributed by atoms with Crippen molar-refractivity contribution >= 4 is 0 Å². The van der Waals surface area contributed by atoms with Crippen LogP contribution in [0.3, 0.4) is 0 Å². The fourth-order valence-corrected chi connectivity index (χ4v) is 2.99. The van der Waals surface area contributed by atoms with Crippen LogP contribution in [-0.2, 0) is 13.5 Å². The number of hydrogen-bond donors (Lipinski definition) is 1. The number of likely N-dealkylation sites (tertiary alicyclic amines) is 1. The lowest BCUT2D eigenvalue weighted by Crippen LogP contribution is -2.46. The molecule has 4 heteroatoms. The van der Waals surface area contributed by atoms with E-state index in [9.17, 15) is 5.11 Å². The number of hydrogen-bond acceptors (Lipinski definition) is 3. The van der Waals surface area contributed by atoms with Gasteiger partial charge in [-0.05, 0) is 50.3 Å². The van der Waals surface area contributed by atoms with Crippen LogP contribution in [0.25, 0.3) is 0 Å². The summed E-state index contributed by atoms with van der Waals surface area (Å²) >= 11 is 0. The summed E-state index contributed by atoms with van der Waals surface area (Å²) < 4.78 is 1.86. The molecule has 0 amide bonds. The van der Waals surface area contributed by atoms with Crippen LogP contribution in [0.1, 0.15) is 31.7 Å². The molecule has 2 atom stereocenters. The first kappa shape index (κ1) is 13.6. The number of rotatable bonds is 5. The fraction of sp³-hybridized carbons (Fsp3) is 0.786. The number of aromatic nitrogens is 2. The van der Waals surface area contributed by atoms with Crippen LogP contribution in [0.4, 0.5) is 0 Å². The van der Waals surface area contributed by atoms with Crippen molar-refractivity contribution in [2.24, 2.45) is 13.0 Å². The molecule has 0 aliphatic carbocycles. The van der Waals surface area contributed by atoms with Gasteiger partial charge in [-0.25, -0.2) is 0 Å². The molecule has 1 aliphatic heterocycles. The molecular formula is C14H25N3O. The Morgan fingerprint density at radius 3 is 3.00 bits per heavy atom. The third-order valence-corrected chi connectivity index (χ3v) is 4.09. The molecule has 18 heavy (non-hydrogen) atoms. The van der Waals surface area contributed by atoms with Gasteiger partial charge in [-0.2, -0.15) is 5.10 Å².